The molecule has 0 saturated carbocycles. The third-order valence-electron chi connectivity index (χ3n) is 2.40. The number of ether oxygens (including phenoxy) is 1. The van der Waals surface area contributed by atoms with Crippen LogP contribution < -0.4 is 4.74 Å². The maximum absolute atomic E-state index is 13.7. The minimum Gasteiger partial charge on any atom is -0.480 e. The Balaban J connectivity index is 2.47. The lowest BCUT2D eigenvalue weighted by molar-refractivity contribution is 0.202. The maximum Gasteiger partial charge on any atom is 0.238 e. The molecule has 0 bridgehead atoms. The summed E-state index contributed by atoms with van der Waals surface area (Å²) >= 11 is 3.23. The van der Waals surface area contributed by atoms with Gasteiger partial charge in [0.25, 0.3) is 0 Å². The number of rotatable bonds is 3. The second kappa shape index (κ2) is 5.41. The number of aromatic nitrogens is 2. The fourth-order valence-electron chi connectivity index (χ4n) is 1.55. The SMILES string of the molecule is COc1nccnc1C(O)c1cc(Br)ccc1F. The molecule has 0 aliphatic carbocycles. The van der Waals surface area contributed by atoms with Gasteiger partial charge in [0.15, 0.2) is 0 Å². The van der Waals surface area contributed by atoms with Crippen LogP contribution in [0.15, 0.2) is 35.1 Å². The topological polar surface area (TPSA) is 55.2 Å². The minimum absolute atomic E-state index is 0.114. The molecule has 1 N–H and O–H groups in total. The van der Waals surface area contributed by atoms with Crippen molar-refractivity contribution in [2.45, 2.75) is 6.10 Å². The first-order valence-electron chi connectivity index (χ1n) is 5.11. The normalized spacial score (nSPS) is 12.2. The van der Waals surface area contributed by atoms with Crippen LogP contribution in [0.5, 0.6) is 5.88 Å². The van der Waals surface area contributed by atoms with E-state index in [9.17, 15) is 9.50 Å². The number of aliphatic hydroxyl groups is 1. The summed E-state index contributed by atoms with van der Waals surface area (Å²) < 4.78 is 19.3. The molecule has 4 nitrogen and oxygen atoms in total. The van der Waals surface area contributed by atoms with E-state index in [1.165, 1.54) is 31.6 Å². The van der Waals surface area contributed by atoms with Crippen molar-refractivity contribution in [1.29, 1.82) is 0 Å². The molecule has 1 heterocycles. The van der Waals surface area contributed by atoms with Crippen molar-refractivity contribution in [1.82, 2.24) is 9.97 Å². The molecule has 1 aromatic heterocycles. The minimum atomic E-state index is -1.23. The third kappa shape index (κ3) is 2.49. The highest BCUT2D eigenvalue weighted by molar-refractivity contribution is 9.10. The van der Waals surface area contributed by atoms with Crippen molar-refractivity contribution in [2.24, 2.45) is 0 Å². The van der Waals surface area contributed by atoms with Crippen LogP contribution in [0.3, 0.4) is 0 Å². The van der Waals surface area contributed by atoms with E-state index in [4.69, 9.17) is 4.74 Å². The zero-order valence-electron chi connectivity index (χ0n) is 9.47. The van der Waals surface area contributed by atoms with Crippen LogP contribution in [0.2, 0.25) is 0 Å². The molecule has 0 aliphatic heterocycles. The summed E-state index contributed by atoms with van der Waals surface area (Å²) in [5.74, 6) is -0.345. The van der Waals surface area contributed by atoms with Crippen molar-refractivity contribution < 1.29 is 14.2 Å². The Hall–Kier alpha value is -1.53. The fraction of sp³-hybridized carbons (Fsp3) is 0.167. The molecule has 6 heteroatoms. The standard InChI is InChI=1S/C12H10BrFN2O2/c1-18-12-10(15-4-5-16-12)11(17)8-6-7(13)2-3-9(8)14/h2-6,11,17H,1H3. The molecule has 18 heavy (non-hydrogen) atoms. The zero-order chi connectivity index (χ0) is 13.1. The smallest absolute Gasteiger partial charge is 0.238 e. The zero-order valence-corrected chi connectivity index (χ0v) is 11.1. The second-order valence-electron chi connectivity index (χ2n) is 3.52. The first kappa shape index (κ1) is 12.9. The van der Waals surface area contributed by atoms with Gasteiger partial charge in [0.2, 0.25) is 5.88 Å². The average Bonchev–Trinajstić information content (AvgIpc) is 2.40. The molecule has 0 amide bonds. The van der Waals surface area contributed by atoms with E-state index in [-0.39, 0.29) is 17.1 Å². The van der Waals surface area contributed by atoms with Crippen LogP contribution in [0.25, 0.3) is 0 Å². The fourth-order valence-corrected chi connectivity index (χ4v) is 1.93. The molecule has 2 aromatic rings. The van der Waals surface area contributed by atoms with Crippen molar-refractivity contribution in [3.8, 4) is 5.88 Å². The number of methoxy groups -OCH3 is 1. The Morgan fingerprint density at radius 3 is 2.78 bits per heavy atom. The lowest BCUT2D eigenvalue weighted by Crippen LogP contribution is -2.08. The van der Waals surface area contributed by atoms with Gasteiger partial charge in [-0.05, 0) is 18.2 Å². The largest absolute Gasteiger partial charge is 0.480 e. The second-order valence-corrected chi connectivity index (χ2v) is 4.43. The summed E-state index contributed by atoms with van der Waals surface area (Å²) in [6, 6.07) is 4.32. The quantitative estimate of drug-likeness (QED) is 0.946. The Bertz CT molecular complexity index is 566. The van der Waals surface area contributed by atoms with E-state index in [2.05, 4.69) is 25.9 Å². The lowest BCUT2D eigenvalue weighted by Gasteiger charge is -2.13. The van der Waals surface area contributed by atoms with Gasteiger partial charge in [-0.15, -0.1) is 0 Å². The number of nitrogens with zero attached hydrogens (tertiary/aromatic N) is 2. The van der Waals surface area contributed by atoms with E-state index in [0.29, 0.717) is 4.47 Å². The molecular weight excluding hydrogens is 303 g/mol. The molecular formula is C12H10BrFN2O2. The van der Waals surface area contributed by atoms with Crippen LogP contribution in [0.1, 0.15) is 17.4 Å². The molecule has 1 unspecified atom stereocenters. The van der Waals surface area contributed by atoms with Crippen molar-refractivity contribution >= 4 is 15.9 Å². The van der Waals surface area contributed by atoms with Gasteiger partial charge in [0.05, 0.1) is 7.11 Å². The van der Waals surface area contributed by atoms with Gasteiger partial charge in [-0.25, -0.2) is 9.37 Å². The van der Waals surface area contributed by atoms with Gasteiger partial charge < -0.3 is 9.84 Å². The Morgan fingerprint density at radius 2 is 2.06 bits per heavy atom. The molecule has 94 valence electrons. The van der Waals surface area contributed by atoms with Crippen LogP contribution in [-0.4, -0.2) is 22.2 Å². The van der Waals surface area contributed by atoms with Gasteiger partial charge in [-0.3, -0.25) is 4.98 Å². The molecule has 1 aromatic carbocycles. The first-order chi connectivity index (χ1) is 8.63. The number of hydrogen-bond acceptors (Lipinski definition) is 4. The van der Waals surface area contributed by atoms with Gasteiger partial charge in [0, 0.05) is 22.4 Å². The van der Waals surface area contributed by atoms with Crippen LogP contribution in [-0.2, 0) is 0 Å². The van der Waals surface area contributed by atoms with E-state index in [1.54, 1.807) is 6.07 Å². The summed E-state index contributed by atoms with van der Waals surface area (Å²) in [6.45, 7) is 0. The third-order valence-corrected chi connectivity index (χ3v) is 2.89. The molecule has 0 saturated heterocycles. The van der Waals surface area contributed by atoms with E-state index < -0.39 is 11.9 Å². The Kier molecular flexibility index (Phi) is 3.88. The van der Waals surface area contributed by atoms with E-state index >= 15 is 0 Å². The highest BCUT2D eigenvalue weighted by Gasteiger charge is 2.21. The molecule has 0 aliphatic rings. The van der Waals surface area contributed by atoms with E-state index in [1.807, 2.05) is 0 Å². The number of halogens is 2. The highest BCUT2D eigenvalue weighted by Crippen LogP contribution is 2.29. The summed E-state index contributed by atoms with van der Waals surface area (Å²) in [6.07, 6.45) is 1.62. The lowest BCUT2D eigenvalue weighted by atomic mass is 10.1. The van der Waals surface area contributed by atoms with Crippen LogP contribution in [0, 0.1) is 5.82 Å². The van der Waals surface area contributed by atoms with Crippen molar-refractivity contribution in [3.05, 3.63) is 52.1 Å². The predicted octanol–water partition coefficient (Wildman–Crippen LogP) is 2.47. The predicted molar refractivity (Wildman–Crippen MR) is 66.7 cm³/mol. The Labute approximate surface area is 112 Å². The number of benzene rings is 1. The van der Waals surface area contributed by atoms with E-state index in [0.717, 1.165) is 0 Å². The highest BCUT2D eigenvalue weighted by atomic mass is 79.9. The van der Waals surface area contributed by atoms with Gasteiger partial charge in [0.1, 0.15) is 17.6 Å². The summed E-state index contributed by atoms with van der Waals surface area (Å²) in [4.78, 5) is 7.89. The van der Waals surface area contributed by atoms with Crippen LogP contribution in [0.4, 0.5) is 4.39 Å². The summed E-state index contributed by atoms with van der Waals surface area (Å²) in [5.41, 5.74) is 0.292. The number of aliphatic hydroxyl groups excluding tert-OH is 1. The molecule has 0 spiro atoms. The average molecular weight is 313 g/mol. The van der Waals surface area contributed by atoms with Crippen LogP contribution >= 0.6 is 15.9 Å². The molecule has 1 atom stereocenters. The van der Waals surface area contributed by atoms with Crippen molar-refractivity contribution in [3.63, 3.8) is 0 Å². The van der Waals surface area contributed by atoms with Gasteiger partial charge in [-0.1, -0.05) is 15.9 Å². The molecule has 2 rings (SSSR count). The van der Waals surface area contributed by atoms with Gasteiger partial charge >= 0.3 is 0 Å². The molecule has 0 radical (unpaired) electrons. The van der Waals surface area contributed by atoms with Crippen molar-refractivity contribution in [2.75, 3.05) is 7.11 Å². The van der Waals surface area contributed by atoms with Gasteiger partial charge in [-0.2, -0.15) is 0 Å². The Morgan fingerprint density at radius 1 is 1.33 bits per heavy atom. The first-order valence-corrected chi connectivity index (χ1v) is 5.90. The monoisotopic (exact) mass is 312 g/mol. The summed E-state index contributed by atoms with van der Waals surface area (Å²) in [7, 11) is 1.41. The maximum atomic E-state index is 13.7. The summed E-state index contributed by atoms with van der Waals surface area (Å²) in [5, 5.41) is 10.2. The molecule has 0 fully saturated rings. The number of hydrogen-bond donors (Lipinski definition) is 1.